The van der Waals surface area contributed by atoms with Crippen molar-refractivity contribution in [2.75, 3.05) is 0 Å². The van der Waals surface area contributed by atoms with E-state index in [4.69, 9.17) is 10.00 Å². The molecule has 0 heterocycles. The lowest BCUT2D eigenvalue weighted by atomic mass is 9.87. The van der Waals surface area contributed by atoms with Gasteiger partial charge >= 0.3 is 12.1 Å². The van der Waals surface area contributed by atoms with Gasteiger partial charge in [-0.2, -0.15) is 18.4 Å². The van der Waals surface area contributed by atoms with Crippen LogP contribution in [0.2, 0.25) is 0 Å². The molecule has 0 aliphatic heterocycles. The van der Waals surface area contributed by atoms with Gasteiger partial charge in [0.2, 0.25) is 0 Å². The Morgan fingerprint density at radius 3 is 2.30 bits per heavy atom. The first kappa shape index (κ1) is 17.1. The minimum Gasteiger partial charge on any atom is -0.459 e. The van der Waals surface area contributed by atoms with Gasteiger partial charge in [-0.25, -0.2) is 4.79 Å². The fourth-order valence-corrected chi connectivity index (χ4v) is 2.59. The van der Waals surface area contributed by atoms with Crippen LogP contribution in [-0.2, 0) is 10.9 Å². The van der Waals surface area contributed by atoms with Crippen molar-refractivity contribution in [2.24, 2.45) is 5.92 Å². The molecule has 0 amide bonds. The molecule has 1 aliphatic rings. The topological polar surface area (TPSA) is 50.1 Å². The summed E-state index contributed by atoms with van der Waals surface area (Å²) in [6, 6.07) is 5.96. The van der Waals surface area contributed by atoms with Crippen LogP contribution in [0.4, 0.5) is 13.2 Å². The van der Waals surface area contributed by atoms with Crippen LogP contribution in [0.25, 0.3) is 0 Å². The first-order valence-corrected chi connectivity index (χ1v) is 7.34. The highest BCUT2D eigenvalue weighted by atomic mass is 19.4. The Labute approximate surface area is 132 Å². The quantitative estimate of drug-likeness (QED) is 0.608. The van der Waals surface area contributed by atoms with Gasteiger partial charge in [-0.05, 0) is 55.9 Å². The molecule has 0 spiro atoms. The first-order valence-electron chi connectivity index (χ1n) is 7.34. The van der Waals surface area contributed by atoms with E-state index in [0.717, 1.165) is 37.1 Å². The van der Waals surface area contributed by atoms with E-state index in [1.54, 1.807) is 0 Å². The van der Waals surface area contributed by atoms with Crippen LogP contribution in [0.1, 0.15) is 41.6 Å². The molecule has 1 saturated carbocycles. The summed E-state index contributed by atoms with van der Waals surface area (Å²) in [4.78, 5) is 12.0. The molecule has 1 fully saturated rings. The minimum atomic E-state index is -4.42. The Morgan fingerprint density at radius 1 is 1.17 bits per heavy atom. The van der Waals surface area contributed by atoms with Crippen LogP contribution in [-0.4, -0.2) is 12.1 Å². The number of esters is 1. The smallest absolute Gasteiger partial charge is 0.416 e. The highest BCUT2D eigenvalue weighted by Gasteiger charge is 2.30. The lowest BCUT2D eigenvalue weighted by molar-refractivity contribution is -0.137. The van der Waals surface area contributed by atoms with Gasteiger partial charge in [-0.3, -0.25) is 0 Å². The Hall–Kier alpha value is -2.29. The van der Waals surface area contributed by atoms with E-state index in [9.17, 15) is 18.0 Å². The highest BCUT2D eigenvalue weighted by Crippen LogP contribution is 2.30. The molecule has 0 aromatic heterocycles. The standard InChI is InChI=1S/C17H16F3NO2/c18-17(19,20)14-7-5-13(6-8-14)16(22)23-15-9-3-12(4-10-15)2-1-11-21/h1-2,5-8,12,15H,3-4,9-10H2/b2-1+. The van der Waals surface area contributed by atoms with Crippen LogP contribution in [0.3, 0.4) is 0 Å². The van der Waals surface area contributed by atoms with Crippen molar-refractivity contribution in [1.82, 2.24) is 0 Å². The fraction of sp³-hybridized carbons (Fsp3) is 0.412. The van der Waals surface area contributed by atoms with Crippen molar-refractivity contribution in [3.63, 3.8) is 0 Å². The number of carbonyl (C=O) groups is 1. The number of benzene rings is 1. The van der Waals surface area contributed by atoms with E-state index >= 15 is 0 Å². The second-order valence-corrected chi connectivity index (χ2v) is 5.51. The van der Waals surface area contributed by atoms with Gasteiger partial charge in [0, 0.05) is 6.08 Å². The van der Waals surface area contributed by atoms with Crippen LogP contribution in [0, 0.1) is 17.2 Å². The molecular weight excluding hydrogens is 307 g/mol. The molecule has 0 saturated heterocycles. The summed E-state index contributed by atoms with van der Waals surface area (Å²) < 4.78 is 42.8. The summed E-state index contributed by atoms with van der Waals surface area (Å²) in [6.07, 6.45) is 1.69. The predicted molar refractivity (Wildman–Crippen MR) is 77.4 cm³/mol. The van der Waals surface area contributed by atoms with E-state index in [-0.39, 0.29) is 11.7 Å². The molecule has 0 atom stereocenters. The average Bonchev–Trinajstić information content (AvgIpc) is 2.53. The van der Waals surface area contributed by atoms with Gasteiger partial charge < -0.3 is 4.74 Å². The summed E-state index contributed by atoms with van der Waals surface area (Å²) in [7, 11) is 0. The zero-order valence-electron chi connectivity index (χ0n) is 12.3. The van der Waals surface area contributed by atoms with E-state index in [2.05, 4.69) is 0 Å². The third-order valence-electron chi connectivity index (χ3n) is 3.88. The number of hydrogen-bond acceptors (Lipinski definition) is 3. The second-order valence-electron chi connectivity index (χ2n) is 5.51. The molecule has 23 heavy (non-hydrogen) atoms. The normalized spacial score (nSPS) is 21.8. The Balaban J connectivity index is 1.88. The van der Waals surface area contributed by atoms with Gasteiger partial charge in [0.05, 0.1) is 17.2 Å². The molecule has 2 rings (SSSR count). The molecule has 0 unspecified atom stereocenters. The van der Waals surface area contributed by atoms with Crippen molar-refractivity contribution in [1.29, 1.82) is 5.26 Å². The Bertz CT molecular complexity index is 606. The van der Waals surface area contributed by atoms with Gasteiger partial charge in [0.1, 0.15) is 6.10 Å². The summed E-state index contributed by atoms with van der Waals surface area (Å²) in [5.74, 6) is -0.287. The van der Waals surface area contributed by atoms with Crippen molar-refractivity contribution in [3.05, 3.63) is 47.5 Å². The van der Waals surface area contributed by atoms with Gasteiger partial charge in [0.25, 0.3) is 0 Å². The molecule has 0 N–H and O–H groups in total. The van der Waals surface area contributed by atoms with Gasteiger partial charge in [-0.1, -0.05) is 6.08 Å². The second kappa shape index (κ2) is 7.32. The molecule has 6 heteroatoms. The van der Waals surface area contributed by atoms with E-state index < -0.39 is 17.7 Å². The number of ether oxygens (including phenoxy) is 1. The SMILES string of the molecule is N#C/C=C/C1CCC(OC(=O)c2ccc(C(F)(F)F)cc2)CC1. The lowest BCUT2D eigenvalue weighted by Crippen LogP contribution is -2.24. The Kier molecular flexibility index (Phi) is 5.43. The van der Waals surface area contributed by atoms with Crippen molar-refractivity contribution >= 4 is 5.97 Å². The number of allylic oxidation sites excluding steroid dienone is 2. The lowest BCUT2D eigenvalue weighted by Gasteiger charge is -2.26. The van der Waals surface area contributed by atoms with Crippen LogP contribution in [0.15, 0.2) is 36.4 Å². The summed E-state index contributed by atoms with van der Waals surface area (Å²) in [5.41, 5.74) is -0.677. The fourth-order valence-electron chi connectivity index (χ4n) is 2.59. The third kappa shape index (κ3) is 4.85. The van der Waals surface area contributed by atoms with Crippen molar-refractivity contribution < 1.29 is 22.7 Å². The minimum absolute atomic E-state index is 0.115. The molecule has 1 aromatic rings. The molecule has 122 valence electrons. The average molecular weight is 323 g/mol. The maximum absolute atomic E-state index is 12.5. The summed E-state index contributed by atoms with van der Waals surface area (Å²) >= 11 is 0. The maximum Gasteiger partial charge on any atom is 0.416 e. The zero-order valence-corrected chi connectivity index (χ0v) is 12.3. The molecule has 0 bridgehead atoms. The van der Waals surface area contributed by atoms with Crippen LogP contribution in [0.5, 0.6) is 0 Å². The highest BCUT2D eigenvalue weighted by molar-refractivity contribution is 5.89. The van der Waals surface area contributed by atoms with Gasteiger partial charge in [-0.15, -0.1) is 0 Å². The maximum atomic E-state index is 12.5. The van der Waals surface area contributed by atoms with E-state index in [0.29, 0.717) is 18.8 Å². The number of hydrogen-bond donors (Lipinski definition) is 0. The zero-order chi connectivity index (χ0) is 16.9. The van der Waals surface area contributed by atoms with Gasteiger partial charge in [0.15, 0.2) is 0 Å². The first-order chi connectivity index (χ1) is 10.9. The Morgan fingerprint density at radius 2 is 1.78 bits per heavy atom. The number of rotatable bonds is 3. The van der Waals surface area contributed by atoms with E-state index in [1.807, 2.05) is 12.1 Å². The third-order valence-corrected chi connectivity index (χ3v) is 3.88. The largest absolute Gasteiger partial charge is 0.459 e. The number of nitriles is 1. The van der Waals surface area contributed by atoms with Crippen LogP contribution >= 0.6 is 0 Å². The monoisotopic (exact) mass is 323 g/mol. The molecule has 1 aliphatic carbocycles. The molecule has 0 radical (unpaired) electrons. The van der Waals surface area contributed by atoms with Crippen molar-refractivity contribution in [2.45, 2.75) is 38.0 Å². The number of halogens is 3. The summed E-state index contributed by atoms with van der Waals surface area (Å²) in [6.45, 7) is 0. The predicted octanol–water partition coefficient (Wildman–Crippen LogP) is 4.50. The number of carbonyl (C=O) groups excluding carboxylic acids is 1. The summed E-state index contributed by atoms with van der Waals surface area (Å²) in [5, 5.41) is 8.49. The molecular formula is C17H16F3NO2. The van der Waals surface area contributed by atoms with Crippen LogP contribution < -0.4 is 0 Å². The molecule has 1 aromatic carbocycles. The van der Waals surface area contributed by atoms with E-state index in [1.165, 1.54) is 6.08 Å². The number of alkyl halides is 3. The number of nitrogens with zero attached hydrogens (tertiary/aromatic N) is 1. The molecule has 3 nitrogen and oxygen atoms in total. The van der Waals surface area contributed by atoms with Crippen molar-refractivity contribution in [3.8, 4) is 6.07 Å².